The number of ether oxygens (including phenoxy) is 2. The van der Waals surface area contributed by atoms with Crippen molar-refractivity contribution >= 4 is 15.3 Å². The van der Waals surface area contributed by atoms with Gasteiger partial charge in [-0.3, -0.25) is 0 Å². The van der Waals surface area contributed by atoms with Crippen LogP contribution in [0.1, 0.15) is 20.8 Å². The van der Waals surface area contributed by atoms with E-state index in [1.165, 1.54) is 0 Å². The van der Waals surface area contributed by atoms with E-state index in [0.717, 1.165) is 12.1 Å². The van der Waals surface area contributed by atoms with Gasteiger partial charge in [0, 0.05) is 25.3 Å². The molecule has 5 nitrogen and oxygen atoms in total. The van der Waals surface area contributed by atoms with Crippen LogP contribution >= 0.6 is 0 Å². The van der Waals surface area contributed by atoms with Crippen molar-refractivity contribution in [3.63, 3.8) is 0 Å². The quantitative estimate of drug-likeness (QED) is 0.258. The maximum atomic E-state index is 10.9. The summed E-state index contributed by atoms with van der Waals surface area (Å²) in [5.74, 6) is -0.485. The third kappa shape index (κ3) is 9.05. The molecule has 0 radical (unpaired) electrons. The van der Waals surface area contributed by atoms with Crippen molar-refractivity contribution in [2.24, 2.45) is 0 Å². The van der Waals surface area contributed by atoms with E-state index in [0.29, 0.717) is 19.8 Å². The number of hydrogen-bond donors (Lipinski definition) is 0. The molecule has 0 spiro atoms. The molecule has 100 valence electrons. The van der Waals surface area contributed by atoms with Crippen LogP contribution in [0.25, 0.3) is 0 Å². The molecule has 0 aromatic carbocycles. The predicted octanol–water partition coefficient (Wildman–Crippen LogP) is 1.37. The lowest BCUT2D eigenvalue weighted by atomic mass is 10.6. The highest BCUT2D eigenvalue weighted by Crippen LogP contribution is 2.02. The molecule has 0 aliphatic carbocycles. The minimum absolute atomic E-state index is 0.461. The van der Waals surface area contributed by atoms with Gasteiger partial charge in [0.05, 0.1) is 6.61 Å². The van der Waals surface area contributed by atoms with Crippen LogP contribution in [0.5, 0.6) is 0 Å². The van der Waals surface area contributed by atoms with Crippen LogP contribution in [0.2, 0.25) is 6.04 Å². The molecule has 0 saturated carbocycles. The topological polar surface area (TPSA) is 54.0 Å². The Bertz CT molecular complexity index is 216. The smallest absolute Gasteiger partial charge is 0.332 e. The zero-order valence-electron chi connectivity index (χ0n) is 10.8. The van der Waals surface area contributed by atoms with E-state index >= 15 is 0 Å². The summed E-state index contributed by atoms with van der Waals surface area (Å²) in [6, 6.07) is 0.734. The summed E-state index contributed by atoms with van der Waals surface area (Å²) < 4.78 is 21.1. The molecular formula is C11H22O5Si. The van der Waals surface area contributed by atoms with E-state index in [9.17, 15) is 4.79 Å². The van der Waals surface area contributed by atoms with Crippen molar-refractivity contribution in [1.82, 2.24) is 0 Å². The number of rotatable bonds is 10. The molecule has 0 amide bonds. The van der Waals surface area contributed by atoms with E-state index < -0.39 is 21.5 Å². The molecule has 6 heteroatoms. The fourth-order valence-electron chi connectivity index (χ4n) is 1.16. The number of carbonyl (C=O) groups excluding carboxylic acids is 1. The molecule has 0 aliphatic heterocycles. The van der Waals surface area contributed by atoms with Crippen molar-refractivity contribution in [3.8, 4) is 0 Å². The van der Waals surface area contributed by atoms with Crippen LogP contribution in [0, 0.1) is 0 Å². The summed E-state index contributed by atoms with van der Waals surface area (Å²) in [4.78, 5) is 10.9. The van der Waals surface area contributed by atoms with Crippen molar-refractivity contribution in [1.29, 1.82) is 0 Å². The highest BCUT2D eigenvalue weighted by atomic mass is 28.3. The second-order valence-electron chi connectivity index (χ2n) is 3.21. The largest absolute Gasteiger partial charge is 0.433 e. The van der Waals surface area contributed by atoms with Crippen molar-refractivity contribution in [3.05, 3.63) is 12.7 Å². The molecule has 1 atom stereocenters. The van der Waals surface area contributed by atoms with Crippen LogP contribution < -0.4 is 0 Å². The van der Waals surface area contributed by atoms with Gasteiger partial charge in [-0.05, 0) is 20.8 Å². The van der Waals surface area contributed by atoms with Gasteiger partial charge >= 0.3 is 15.3 Å². The monoisotopic (exact) mass is 262 g/mol. The molecule has 1 unspecified atom stereocenters. The Morgan fingerprint density at radius 3 is 2.41 bits per heavy atom. The van der Waals surface area contributed by atoms with E-state index in [4.69, 9.17) is 18.3 Å². The van der Waals surface area contributed by atoms with Gasteiger partial charge in [0.2, 0.25) is 0 Å². The Hall–Kier alpha value is -0.693. The van der Waals surface area contributed by atoms with Gasteiger partial charge in [0.15, 0.2) is 6.29 Å². The van der Waals surface area contributed by atoms with Crippen LogP contribution in [0.4, 0.5) is 0 Å². The second-order valence-corrected chi connectivity index (χ2v) is 5.31. The SMILES string of the molecule is C=CC(=O)OC(C)OCC[SiH](OCC)OCC. The van der Waals surface area contributed by atoms with Gasteiger partial charge in [-0.1, -0.05) is 6.58 Å². The average molecular weight is 262 g/mol. The molecular weight excluding hydrogens is 240 g/mol. The lowest BCUT2D eigenvalue weighted by Gasteiger charge is -2.17. The van der Waals surface area contributed by atoms with Crippen LogP contribution in [0.3, 0.4) is 0 Å². The molecule has 0 saturated heterocycles. The summed E-state index contributed by atoms with van der Waals surface area (Å²) in [7, 11) is -1.62. The van der Waals surface area contributed by atoms with Crippen LogP contribution in [-0.2, 0) is 23.1 Å². The first-order chi connectivity index (χ1) is 8.13. The number of carbonyl (C=O) groups is 1. The van der Waals surface area contributed by atoms with E-state index in [1.807, 2.05) is 13.8 Å². The average Bonchev–Trinajstić information content (AvgIpc) is 2.29. The van der Waals surface area contributed by atoms with Gasteiger partial charge < -0.3 is 18.3 Å². The number of esters is 1. The summed E-state index contributed by atoms with van der Waals surface area (Å²) in [5.41, 5.74) is 0. The molecule has 0 aromatic rings. The van der Waals surface area contributed by atoms with E-state index in [-0.39, 0.29) is 0 Å². The zero-order chi connectivity index (χ0) is 13.1. The van der Waals surface area contributed by atoms with Gasteiger partial charge in [-0.2, -0.15) is 0 Å². The zero-order valence-corrected chi connectivity index (χ0v) is 12.0. The predicted molar refractivity (Wildman–Crippen MR) is 66.9 cm³/mol. The minimum Gasteiger partial charge on any atom is -0.433 e. The van der Waals surface area contributed by atoms with Crippen molar-refractivity contribution in [2.45, 2.75) is 33.1 Å². The third-order valence-corrected chi connectivity index (χ3v) is 3.98. The molecule has 0 bridgehead atoms. The molecule has 0 heterocycles. The maximum Gasteiger partial charge on any atom is 0.332 e. The molecule has 0 fully saturated rings. The molecule has 0 aromatic heterocycles. The third-order valence-electron chi connectivity index (χ3n) is 1.86. The fourth-order valence-corrected chi connectivity index (χ4v) is 2.66. The minimum atomic E-state index is -1.62. The Labute approximate surface area is 105 Å². The molecule has 0 aliphatic rings. The molecule has 0 N–H and O–H groups in total. The Morgan fingerprint density at radius 1 is 1.35 bits per heavy atom. The molecule has 17 heavy (non-hydrogen) atoms. The van der Waals surface area contributed by atoms with Gasteiger partial charge in [-0.25, -0.2) is 4.79 Å². The van der Waals surface area contributed by atoms with E-state index in [2.05, 4.69) is 6.58 Å². The summed E-state index contributed by atoms with van der Waals surface area (Å²) >= 11 is 0. The first-order valence-corrected chi connectivity index (χ1v) is 7.57. The van der Waals surface area contributed by atoms with E-state index in [1.54, 1.807) is 6.92 Å². The summed E-state index contributed by atoms with van der Waals surface area (Å²) in [6.07, 6.45) is 0.538. The number of hydrogen-bond acceptors (Lipinski definition) is 5. The lowest BCUT2D eigenvalue weighted by Crippen LogP contribution is -2.26. The first-order valence-electron chi connectivity index (χ1n) is 5.81. The fraction of sp³-hybridized carbons (Fsp3) is 0.727. The van der Waals surface area contributed by atoms with Gasteiger partial charge in [0.1, 0.15) is 0 Å². The summed E-state index contributed by atoms with van der Waals surface area (Å²) in [5, 5.41) is 0. The molecule has 0 rings (SSSR count). The Kier molecular flexibility index (Phi) is 10.0. The van der Waals surface area contributed by atoms with Crippen molar-refractivity contribution in [2.75, 3.05) is 19.8 Å². The maximum absolute atomic E-state index is 10.9. The summed E-state index contributed by atoms with van der Waals surface area (Å²) in [6.45, 7) is 10.6. The Morgan fingerprint density at radius 2 is 1.94 bits per heavy atom. The van der Waals surface area contributed by atoms with Gasteiger partial charge in [0.25, 0.3) is 0 Å². The first kappa shape index (κ1) is 16.3. The normalized spacial score (nSPS) is 12.5. The lowest BCUT2D eigenvalue weighted by molar-refractivity contribution is -0.167. The standard InChI is InChI=1S/C11H22O5Si/c1-5-11(12)16-10(4)13-8-9-17(14-6-2)15-7-3/h5,10,17H,1,6-9H2,2-4H3. The van der Waals surface area contributed by atoms with Crippen molar-refractivity contribution < 1.29 is 23.1 Å². The van der Waals surface area contributed by atoms with Gasteiger partial charge in [-0.15, -0.1) is 0 Å². The van der Waals surface area contributed by atoms with Crippen LogP contribution in [-0.4, -0.2) is 41.4 Å². The van der Waals surface area contributed by atoms with Crippen LogP contribution in [0.15, 0.2) is 12.7 Å². The highest BCUT2D eigenvalue weighted by Gasteiger charge is 2.13. The Balaban J connectivity index is 3.71. The highest BCUT2D eigenvalue weighted by molar-refractivity contribution is 6.44. The second kappa shape index (κ2) is 10.5.